The second-order valence-electron chi connectivity index (χ2n) is 10.8. The number of rotatable bonds is 5. The molecule has 5 aromatic carbocycles. The van der Waals surface area contributed by atoms with Crippen LogP contribution in [0.3, 0.4) is 0 Å². The minimum absolute atomic E-state index is 0.666. The highest BCUT2D eigenvalue weighted by molar-refractivity contribution is 7.79. The van der Waals surface area contributed by atoms with E-state index < -0.39 is 14.0 Å². The number of nitrogens with zero attached hydrogens (tertiary/aromatic N) is 1. The number of pyridine rings is 1. The first kappa shape index (κ1) is 25.8. The second-order valence-corrected chi connectivity index (χ2v) is 13.0. The predicted molar refractivity (Wildman–Crippen MR) is 172 cm³/mol. The van der Waals surface area contributed by atoms with Crippen LogP contribution in [0.15, 0.2) is 133 Å². The number of aryl methyl sites for hydroxylation is 4. The van der Waals surface area contributed by atoms with E-state index in [0.29, 0.717) is 5.69 Å². The number of para-hydroxylation sites is 1. The second kappa shape index (κ2) is 11.4. The Kier molecular flexibility index (Phi) is 7.19. The van der Waals surface area contributed by atoms with Crippen molar-refractivity contribution in [2.75, 3.05) is 0 Å². The number of benzene rings is 5. The predicted octanol–water partition coefficient (Wildman–Crippen LogP) is 6.96. The molecule has 4 bridgehead atoms. The Labute approximate surface area is 243 Å². The number of hydrogen-bond donors (Lipinski definition) is 1. The average Bonchev–Trinajstić information content (AvgIpc) is 3.03. The summed E-state index contributed by atoms with van der Waals surface area (Å²) < 4.78 is 0. The van der Waals surface area contributed by atoms with Crippen molar-refractivity contribution in [2.24, 2.45) is 0 Å². The first-order chi connectivity index (χ1) is 20.2. The van der Waals surface area contributed by atoms with Crippen molar-refractivity contribution in [3.63, 3.8) is 0 Å². The van der Waals surface area contributed by atoms with E-state index in [0.717, 1.165) is 42.1 Å². The van der Waals surface area contributed by atoms with E-state index in [1.165, 1.54) is 38.2 Å². The van der Waals surface area contributed by atoms with Gasteiger partial charge >= 0.3 is 0 Å². The van der Waals surface area contributed by atoms with Gasteiger partial charge in [0.25, 0.3) is 0 Å². The van der Waals surface area contributed by atoms with Gasteiger partial charge in [0.2, 0.25) is 0 Å². The Morgan fingerprint density at radius 3 is 1.90 bits per heavy atom. The largest absolute Gasteiger partial charge is 0.382 e. The van der Waals surface area contributed by atoms with Crippen molar-refractivity contribution < 1.29 is 5.11 Å². The van der Waals surface area contributed by atoms with Gasteiger partial charge in [0.15, 0.2) is 0 Å². The fraction of sp³-hybridized carbons (Fsp3) is 0.132. The molecule has 1 N–H and O–H groups in total. The van der Waals surface area contributed by atoms with Crippen LogP contribution in [0.5, 0.6) is 0 Å². The molecule has 0 aliphatic heterocycles. The van der Waals surface area contributed by atoms with Crippen molar-refractivity contribution in [1.82, 2.24) is 4.98 Å². The molecule has 4 aliphatic carbocycles. The van der Waals surface area contributed by atoms with Gasteiger partial charge in [-0.15, -0.1) is 0 Å². The third-order valence-corrected chi connectivity index (χ3v) is 10.7. The fourth-order valence-corrected chi connectivity index (χ4v) is 8.56. The van der Waals surface area contributed by atoms with Crippen LogP contribution in [0.2, 0.25) is 0 Å². The minimum atomic E-state index is -0.752. The molecule has 200 valence electrons. The van der Waals surface area contributed by atoms with Crippen LogP contribution in [0.4, 0.5) is 0 Å². The van der Waals surface area contributed by atoms with Crippen molar-refractivity contribution in [2.45, 2.75) is 31.8 Å². The van der Waals surface area contributed by atoms with Gasteiger partial charge in [-0.1, -0.05) is 121 Å². The number of fused-ring (bicyclic) bond motifs is 1. The Bertz CT molecular complexity index is 1780. The lowest BCUT2D eigenvalue weighted by molar-refractivity contribution is 0.214. The molecule has 0 unspecified atom stereocenters. The molecule has 3 heteroatoms. The van der Waals surface area contributed by atoms with Gasteiger partial charge in [0.05, 0.1) is 11.2 Å². The molecule has 1 aromatic heterocycles. The molecule has 10 rings (SSSR count). The maximum absolute atomic E-state index is 11.6. The summed E-state index contributed by atoms with van der Waals surface area (Å²) in [5.74, 6) is 0. The summed E-state index contributed by atoms with van der Waals surface area (Å²) in [6, 6.07) is 48.0. The molecule has 0 saturated heterocycles. The average molecular weight is 550 g/mol. The van der Waals surface area contributed by atoms with Crippen LogP contribution < -0.4 is 15.9 Å². The third kappa shape index (κ3) is 5.34. The summed E-state index contributed by atoms with van der Waals surface area (Å²) in [4.78, 5) is 4.82. The Balaban J connectivity index is 1.26. The van der Waals surface area contributed by atoms with Gasteiger partial charge in [-0.25, -0.2) is 4.98 Å². The standard InChI is InChI=1S/C38H32NOP/c40-38(36-24-23-30-9-7-8-14-35(30)39-36)34-25-27-15-19-29(34)20-16-28-18-22-31(21-17-27)37(26-28)41(32-10-3-1-4-11-32)33-12-5-2-6-13-33/h1-15,18-19,22-26,38,40H,16-17,20-21H2/t38-/m0/s1. The fourth-order valence-electron chi connectivity index (χ4n) is 6.00. The number of hydrogen-bond acceptors (Lipinski definition) is 2. The normalized spacial score (nSPS) is 13.7. The van der Waals surface area contributed by atoms with Crippen LogP contribution in [-0.2, 0) is 25.7 Å². The maximum atomic E-state index is 11.6. The topological polar surface area (TPSA) is 33.1 Å². The Morgan fingerprint density at radius 1 is 0.561 bits per heavy atom. The van der Waals surface area contributed by atoms with Gasteiger partial charge in [-0.3, -0.25) is 0 Å². The first-order valence-corrected chi connectivity index (χ1v) is 15.7. The summed E-state index contributed by atoms with van der Waals surface area (Å²) in [6.45, 7) is 0. The van der Waals surface area contributed by atoms with Gasteiger partial charge in [0.1, 0.15) is 6.10 Å². The van der Waals surface area contributed by atoms with Gasteiger partial charge < -0.3 is 5.11 Å². The molecule has 6 aromatic rings. The Morgan fingerprint density at radius 2 is 1.17 bits per heavy atom. The highest BCUT2D eigenvalue weighted by Crippen LogP contribution is 2.36. The SMILES string of the molecule is O[C@H](c1ccc2ccccc2n1)c1cc2ccc1CCc1ccc(c(P(c3ccccc3)c3ccccc3)c1)CC2. The van der Waals surface area contributed by atoms with Gasteiger partial charge in [0, 0.05) is 5.39 Å². The van der Waals surface area contributed by atoms with E-state index in [9.17, 15) is 5.11 Å². The van der Waals surface area contributed by atoms with Crippen molar-refractivity contribution in [3.8, 4) is 0 Å². The van der Waals surface area contributed by atoms with E-state index in [-0.39, 0.29) is 0 Å². The number of aromatic nitrogens is 1. The molecule has 0 spiro atoms. The monoisotopic (exact) mass is 549 g/mol. The molecule has 0 saturated carbocycles. The summed E-state index contributed by atoms with van der Waals surface area (Å²) >= 11 is 0. The van der Waals surface area contributed by atoms with Gasteiger partial charge in [-0.05, 0) is 89.5 Å². The molecule has 0 fully saturated rings. The summed E-state index contributed by atoms with van der Waals surface area (Å²) in [5.41, 5.74) is 7.80. The van der Waals surface area contributed by atoms with Crippen LogP contribution >= 0.6 is 7.92 Å². The quantitative estimate of drug-likeness (QED) is 0.236. The zero-order valence-electron chi connectivity index (χ0n) is 22.9. The zero-order valence-corrected chi connectivity index (χ0v) is 23.8. The van der Waals surface area contributed by atoms with Crippen LogP contribution in [0.25, 0.3) is 10.9 Å². The first-order valence-electron chi connectivity index (χ1n) is 14.4. The van der Waals surface area contributed by atoms with E-state index in [4.69, 9.17) is 4.98 Å². The third-order valence-electron chi connectivity index (χ3n) is 8.19. The summed E-state index contributed by atoms with van der Waals surface area (Å²) in [7, 11) is -0.666. The van der Waals surface area contributed by atoms with Crippen molar-refractivity contribution in [1.29, 1.82) is 0 Å². The summed E-state index contributed by atoms with van der Waals surface area (Å²) in [5, 5.41) is 16.9. The molecular formula is C38H32NOP. The highest BCUT2D eigenvalue weighted by atomic mass is 31.1. The number of aliphatic hydroxyl groups is 1. The zero-order chi connectivity index (χ0) is 27.6. The van der Waals surface area contributed by atoms with E-state index >= 15 is 0 Å². The molecule has 0 amide bonds. The molecule has 41 heavy (non-hydrogen) atoms. The lowest BCUT2D eigenvalue weighted by atomic mass is 9.90. The van der Waals surface area contributed by atoms with Gasteiger partial charge in [-0.2, -0.15) is 0 Å². The van der Waals surface area contributed by atoms with E-state index in [1.54, 1.807) is 0 Å². The lowest BCUT2D eigenvalue weighted by Gasteiger charge is -2.24. The number of aliphatic hydroxyl groups excluding tert-OH is 1. The smallest absolute Gasteiger partial charge is 0.121 e. The van der Waals surface area contributed by atoms with Crippen molar-refractivity contribution >= 4 is 34.7 Å². The molecule has 0 radical (unpaired) electrons. The Hall–Kier alpha value is -4.10. The van der Waals surface area contributed by atoms with Crippen LogP contribution in [-0.4, -0.2) is 10.1 Å². The minimum Gasteiger partial charge on any atom is -0.382 e. The maximum Gasteiger partial charge on any atom is 0.121 e. The molecule has 2 nitrogen and oxygen atoms in total. The summed E-state index contributed by atoms with van der Waals surface area (Å²) in [6.07, 6.45) is 2.91. The molecule has 1 heterocycles. The highest BCUT2D eigenvalue weighted by Gasteiger charge is 2.22. The van der Waals surface area contributed by atoms with Crippen molar-refractivity contribution in [3.05, 3.63) is 167 Å². The molecule has 1 atom stereocenters. The van der Waals surface area contributed by atoms with Crippen LogP contribution in [0.1, 0.15) is 39.6 Å². The lowest BCUT2D eigenvalue weighted by Crippen LogP contribution is -2.24. The molecule has 4 aliphatic rings. The van der Waals surface area contributed by atoms with Crippen LogP contribution in [0, 0.1) is 0 Å². The molecular weight excluding hydrogens is 517 g/mol. The van der Waals surface area contributed by atoms with E-state index in [2.05, 4.69) is 109 Å². The van der Waals surface area contributed by atoms with E-state index in [1.807, 2.05) is 24.3 Å².